The quantitative estimate of drug-likeness (QED) is 0.686. The normalized spacial score (nSPS) is 12.9. The molecule has 0 aliphatic carbocycles. The molecule has 0 saturated carbocycles. The molecule has 1 rings (SSSR count). The van der Waals surface area contributed by atoms with Gasteiger partial charge in [-0.15, -0.1) is 0 Å². The van der Waals surface area contributed by atoms with E-state index in [1.54, 1.807) is 6.33 Å². The first-order valence-electron chi connectivity index (χ1n) is 6.30. The van der Waals surface area contributed by atoms with Gasteiger partial charge in [-0.3, -0.25) is 4.68 Å². The highest BCUT2D eigenvalue weighted by Crippen LogP contribution is 2.02. The van der Waals surface area contributed by atoms with Gasteiger partial charge < -0.3 is 5.32 Å². The lowest BCUT2D eigenvalue weighted by Crippen LogP contribution is -2.28. The lowest BCUT2D eigenvalue weighted by atomic mass is 10.1. The van der Waals surface area contributed by atoms with Crippen LogP contribution in [0.15, 0.2) is 6.33 Å². The molecule has 0 fully saturated rings. The zero-order valence-corrected chi connectivity index (χ0v) is 10.7. The number of rotatable bonds is 8. The Bertz CT molecular complexity index is 282. The summed E-state index contributed by atoms with van der Waals surface area (Å²) in [5, 5.41) is 7.58. The number of aryl methyl sites for hydroxylation is 1. The van der Waals surface area contributed by atoms with Crippen molar-refractivity contribution in [2.45, 2.75) is 52.0 Å². The second kappa shape index (κ2) is 7.39. The van der Waals surface area contributed by atoms with E-state index < -0.39 is 0 Å². The minimum atomic E-state index is 0.611. The highest BCUT2D eigenvalue weighted by Gasteiger charge is 2.03. The van der Waals surface area contributed by atoms with E-state index >= 15 is 0 Å². The molecule has 4 nitrogen and oxygen atoms in total. The van der Waals surface area contributed by atoms with Gasteiger partial charge in [0.15, 0.2) is 0 Å². The zero-order chi connectivity index (χ0) is 11.8. The molecule has 0 amide bonds. The molecule has 0 spiro atoms. The van der Waals surface area contributed by atoms with E-state index in [1.807, 2.05) is 11.7 Å². The Kier molecular flexibility index (Phi) is 6.08. The van der Waals surface area contributed by atoms with Gasteiger partial charge in [0.2, 0.25) is 0 Å². The van der Waals surface area contributed by atoms with Crippen molar-refractivity contribution in [2.24, 2.45) is 7.05 Å². The highest BCUT2D eigenvalue weighted by molar-refractivity contribution is 4.84. The SMILES string of the molecule is CCCCCC(C)NCCc1ncnn1C. The Labute approximate surface area is 98.5 Å². The summed E-state index contributed by atoms with van der Waals surface area (Å²) < 4.78 is 1.84. The standard InChI is InChI=1S/C12H24N4/c1-4-5-6-7-11(2)13-9-8-12-14-10-15-16(12)3/h10-11,13H,4-9H2,1-3H3. The van der Waals surface area contributed by atoms with Crippen LogP contribution in [0.1, 0.15) is 45.4 Å². The topological polar surface area (TPSA) is 42.7 Å². The molecule has 0 aliphatic heterocycles. The van der Waals surface area contributed by atoms with Gasteiger partial charge >= 0.3 is 0 Å². The summed E-state index contributed by atoms with van der Waals surface area (Å²) in [6.07, 6.45) is 7.80. The van der Waals surface area contributed by atoms with Crippen molar-refractivity contribution in [3.63, 3.8) is 0 Å². The van der Waals surface area contributed by atoms with E-state index in [9.17, 15) is 0 Å². The summed E-state index contributed by atoms with van der Waals surface area (Å²) in [6.45, 7) is 5.48. The molecule has 1 heterocycles. The molecule has 0 bridgehead atoms. The van der Waals surface area contributed by atoms with Crippen LogP contribution in [0.3, 0.4) is 0 Å². The van der Waals surface area contributed by atoms with Crippen LogP contribution < -0.4 is 5.32 Å². The van der Waals surface area contributed by atoms with Crippen LogP contribution in [0.25, 0.3) is 0 Å². The van der Waals surface area contributed by atoms with Crippen LogP contribution in [-0.4, -0.2) is 27.4 Å². The monoisotopic (exact) mass is 224 g/mol. The summed E-state index contributed by atoms with van der Waals surface area (Å²) in [5.41, 5.74) is 0. The first kappa shape index (κ1) is 13.2. The molecular formula is C12H24N4. The largest absolute Gasteiger partial charge is 0.314 e. The highest BCUT2D eigenvalue weighted by atomic mass is 15.3. The summed E-state index contributed by atoms with van der Waals surface area (Å²) in [5.74, 6) is 1.05. The van der Waals surface area contributed by atoms with E-state index in [0.29, 0.717) is 6.04 Å². The van der Waals surface area contributed by atoms with Crippen LogP contribution in [0.4, 0.5) is 0 Å². The Morgan fingerprint density at radius 1 is 1.44 bits per heavy atom. The Morgan fingerprint density at radius 2 is 2.25 bits per heavy atom. The molecule has 1 aromatic heterocycles. The molecule has 0 radical (unpaired) electrons. The third-order valence-electron chi connectivity index (χ3n) is 2.89. The molecule has 1 unspecified atom stereocenters. The second-order valence-electron chi connectivity index (χ2n) is 4.40. The first-order valence-corrected chi connectivity index (χ1v) is 6.30. The van der Waals surface area contributed by atoms with Crippen LogP contribution in [0, 0.1) is 0 Å². The number of unbranched alkanes of at least 4 members (excludes halogenated alkanes) is 2. The lowest BCUT2D eigenvalue weighted by molar-refractivity contribution is 0.485. The van der Waals surface area contributed by atoms with Crippen molar-refractivity contribution in [2.75, 3.05) is 6.54 Å². The lowest BCUT2D eigenvalue weighted by Gasteiger charge is -2.12. The zero-order valence-electron chi connectivity index (χ0n) is 10.7. The molecule has 0 aliphatic rings. The van der Waals surface area contributed by atoms with Crippen LogP contribution >= 0.6 is 0 Å². The molecule has 0 aromatic carbocycles. The Balaban J connectivity index is 2.08. The van der Waals surface area contributed by atoms with Gasteiger partial charge in [0.25, 0.3) is 0 Å². The fourth-order valence-corrected chi connectivity index (χ4v) is 1.78. The van der Waals surface area contributed by atoms with E-state index in [-0.39, 0.29) is 0 Å². The van der Waals surface area contributed by atoms with Crippen molar-refractivity contribution in [3.8, 4) is 0 Å². The summed E-state index contributed by atoms with van der Waals surface area (Å²) in [4.78, 5) is 4.20. The van der Waals surface area contributed by atoms with Crippen molar-refractivity contribution in [1.29, 1.82) is 0 Å². The second-order valence-corrected chi connectivity index (χ2v) is 4.40. The van der Waals surface area contributed by atoms with E-state index in [4.69, 9.17) is 0 Å². The van der Waals surface area contributed by atoms with E-state index in [2.05, 4.69) is 29.2 Å². The van der Waals surface area contributed by atoms with Crippen LogP contribution in [0.2, 0.25) is 0 Å². The molecule has 92 valence electrons. The van der Waals surface area contributed by atoms with Crippen molar-refractivity contribution in [3.05, 3.63) is 12.2 Å². The van der Waals surface area contributed by atoms with Crippen molar-refractivity contribution in [1.82, 2.24) is 20.1 Å². The molecule has 1 atom stereocenters. The van der Waals surface area contributed by atoms with Gasteiger partial charge in [0.05, 0.1) is 0 Å². The predicted molar refractivity (Wildman–Crippen MR) is 66.3 cm³/mol. The molecule has 16 heavy (non-hydrogen) atoms. The molecule has 1 aromatic rings. The number of hydrogen-bond donors (Lipinski definition) is 1. The molecule has 1 N–H and O–H groups in total. The third kappa shape index (κ3) is 4.75. The summed E-state index contributed by atoms with van der Waals surface area (Å²) >= 11 is 0. The minimum Gasteiger partial charge on any atom is -0.314 e. The predicted octanol–water partition coefficient (Wildman–Crippen LogP) is 1.92. The van der Waals surface area contributed by atoms with Crippen LogP contribution in [-0.2, 0) is 13.5 Å². The van der Waals surface area contributed by atoms with Gasteiger partial charge in [-0.05, 0) is 13.3 Å². The number of hydrogen-bond acceptors (Lipinski definition) is 3. The molecular weight excluding hydrogens is 200 g/mol. The fraction of sp³-hybridized carbons (Fsp3) is 0.833. The number of aromatic nitrogens is 3. The average molecular weight is 224 g/mol. The van der Waals surface area contributed by atoms with Gasteiger partial charge in [0.1, 0.15) is 12.2 Å². The van der Waals surface area contributed by atoms with E-state index in [1.165, 1.54) is 25.7 Å². The van der Waals surface area contributed by atoms with Gasteiger partial charge in [-0.25, -0.2) is 4.98 Å². The maximum Gasteiger partial charge on any atom is 0.138 e. The average Bonchev–Trinajstić information content (AvgIpc) is 2.65. The maximum atomic E-state index is 4.20. The molecule has 0 saturated heterocycles. The van der Waals surface area contributed by atoms with Gasteiger partial charge in [0, 0.05) is 26.1 Å². The third-order valence-corrected chi connectivity index (χ3v) is 2.89. The number of nitrogens with one attached hydrogen (secondary N) is 1. The van der Waals surface area contributed by atoms with E-state index in [0.717, 1.165) is 18.8 Å². The maximum absolute atomic E-state index is 4.20. The Morgan fingerprint density at radius 3 is 2.88 bits per heavy atom. The van der Waals surface area contributed by atoms with Crippen molar-refractivity contribution < 1.29 is 0 Å². The van der Waals surface area contributed by atoms with Crippen molar-refractivity contribution >= 4 is 0 Å². The molecule has 4 heteroatoms. The van der Waals surface area contributed by atoms with Gasteiger partial charge in [-0.2, -0.15) is 5.10 Å². The fourth-order valence-electron chi connectivity index (χ4n) is 1.78. The van der Waals surface area contributed by atoms with Gasteiger partial charge in [-0.1, -0.05) is 26.2 Å². The minimum absolute atomic E-state index is 0.611. The summed E-state index contributed by atoms with van der Waals surface area (Å²) in [6, 6.07) is 0.611. The van der Waals surface area contributed by atoms with Crippen LogP contribution in [0.5, 0.6) is 0 Å². The first-order chi connectivity index (χ1) is 7.74. The number of nitrogens with zero attached hydrogens (tertiary/aromatic N) is 3. The smallest absolute Gasteiger partial charge is 0.138 e. The Hall–Kier alpha value is -0.900. The summed E-state index contributed by atoms with van der Waals surface area (Å²) in [7, 11) is 1.94.